The van der Waals surface area contributed by atoms with Crippen molar-refractivity contribution in [3.8, 4) is 0 Å². The van der Waals surface area contributed by atoms with Gasteiger partial charge in [-0.15, -0.1) is 0 Å². The molecule has 0 bridgehead atoms. The van der Waals surface area contributed by atoms with Crippen molar-refractivity contribution in [2.75, 3.05) is 10.6 Å². The molecule has 0 aliphatic carbocycles. The number of nitrogens with one attached hydrogen (secondary N) is 2. The molecule has 0 saturated carbocycles. The molecule has 0 aliphatic heterocycles. The van der Waals surface area contributed by atoms with Crippen molar-refractivity contribution in [2.45, 2.75) is 6.92 Å². The van der Waals surface area contributed by atoms with Gasteiger partial charge >= 0.3 is 6.03 Å². The van der Waals surface area contributed by atoms with Crippen LogP contribution in [-0.2, 0) is 0 Å². The summed E-state index contributed by atoms with van der Waals surface area (Å²) < 4.78 is 0.715. The van der Waals surface area contributed by atoms with E-state index in [2.05, 4.69) is 26.6 Å². The van der Waals surface area contributed by atoms with Crippen LogP contribution in [0.5, 0.6) is 0 Å². The second kappa shape index (κ2) is 6.69. The zero-order valence-corrected chi connectivity index (χ0v) is 13.7. The average Bonchev–Trinajstić information content (AvgIpc) is 2.43. The lowest BCUT2D eigenvalue weighted by Crippen LogP contribution is -2.20. The highest BCUT2D eigenvalue weighted by atomic mass is 79.9. The molecule has 0 atom stereocenters. The number of rotatable bonds is 3. The fourth-order valence-corrected chi connectivity index (χ4v) is 2.30. The molecule has 2 amide bonds. The number of amides is 2. The number of benzene rings is 2. The highest BCUT2D eigenvalue weighted by Crippen LogP contribution is 2.24. The Morgan fingerprint density at radius 2 is 1.81 bits per heavy atom. The predicted octanol–water partition coefficient (Wildman–Crippen LogP) is 4.04. The fourth-order valence-electron chi connectivity index (χ4n) is 1.69. The minimum atomic E-state index is -0.317. The molecule has 0 fully saturated rings. The summed E-state index contributed by atoms with van der Waals surface area (Å²) in [6.45, 7) is 1.99. The summed E-state index contributed by atoms with van der Waals surface area (Å²) in [7, 11) is 0. The first kappa shape index (κ1) is 15.5. The Balaban J connectivity index is 2.06. The standard InChI is InChI=1S/C15H14BrN3OS/c1-9-2-5-11(6-3-9)18-15(20)19-13-7-4-10(14(17)21)8-12(13)16/h2-8H,1H3,(H2,17,21)(H2,18,19,20). The topological polar surface area (TPSA) is 67.2 Å². The van der Waals surface area contributed by atoms with Gasteiger partial charge in [0.2, 0.25) is 0 Å². The van der Waals surface area contributed by atoms with Crippen molar-refractivity contribution in [1.82, 2.24) is 0 Å². The van der Waals surface area contributed by atoms with E-state index in [1.54, 1.807) is 18.2 Å². The van der Waals surface area contributed by atoms with Crippen LogP contribution in [0, 0.1) is 6.92 Å². The lowest BCUT2D eigenvalue weighted by molar-refractivity contribution is 0.262. The summed E-state index contributed by atoms with van der Waals surface area (Å²) in [5.74, 6) is 0. The van der Waals surface area contributed by atoms with Crippen molar-refractivity contribution in [3.63, 3.8) is 0 Å². The van der Waals surface area contributed by atoms with Gasteiger partial charge in [0.15, 0.2) is 0 Å². The molecule has 2 aromatic carbocycles. The maximum Gasteiger partial charge on any atom is 0.323 e. The largest absolute Gasteiger partial charge is 0.389 e. The maximum absolute atomic E-state index is 11.9. The Morgan fingerprint density at radius 1 is 1.14 bits per heavy atom. The van der Waals surface area contributed by atoms with Crippen LogP contribution >= 0.6 is 28.1 Å². The summed E-state index contributed by atoms with van der Waals surface area (Å²) in [5.41, 5.74) is 8.80. The van der Waals surface area contributed by atoms with E-state index in [1.807, 2.05) is 31.2 Å². The van der Waals surface area contributed by atoms with Crippen LogP contribution in [-0.4, -0.2) is 11.0 Å². The van der Waals surface area contributed by atoms with Gasteiger partial charge in [-0.25, -0.2) is 4.79 Å². The third kappa shape index (κ3) is 4.27. The van der Waals surface area contributed by atoms with Gasteiger partial charge in [-0.1, -0.05) is 29.9 Å². The van der Waals surface area contributed by atoms with E-state index in [-0.39, 0.29) is 6.03 Å². The smallest absolute Gasteiger partial charge is 0.323 e. The van der Waals surface area contributed by atoms with Crippen LogP contribution in [0.3, 0.4) is 0 Å². The Hall–Kier alpha value is -1.92. The van der Waals surface area contributed by atoms with Gasteiger partial charge in [-0.05, 0) is 53.2 Å². The Bertz CT molecular complexity index is 686. The number of hydrogen-bond donors (Lipinski definition) is 3. The zero-order chi connectivity index (χ0) is 15.4. The summed E-state index contributed by atoms with van der Waals surface area (Å²) in [4.78, 5) is 12.3. The van der Waals surface area contributed by atoms with Crippen molar-refractivity contribution < 1.29 is 4.79 Å². The van der Waals surface area contributed by atoms with E-state index in [4.69, 9.17) is 18.0 Å². The summed E-state index contributed by atoms with van der Waals surface area (Å²) in [6, 6.07) is 12.5. The van der Waals surface area contributed by atoms with Crippen LogP contribution in [0.2, 0.25) is 0 Å². The molecule has 0 heterocycles. The number of nitrogens with two attached hydrogens (primary N) is 1. The van der Waals surface area contributed by atoms with Crippen molar-refractivity contribution >= 4 is 50.5 Å². The lowest BCUT2D eigenvalue weighted by atomic mass is 10.2. The Kier molecular flexibility index (Phi) is 4.93. The van der Waals surface area contributed by atoms with Gasteiger partial charge in [-0.3, -0.25) is 0 Å². The maximum atomic E-state index is 11.9. The minimum absolute atomic E-state index is 0.311. The van der Waals surface area contributed by atoms with Crippen molar-refractivity contribution in [3.05, 3.63) is 58.1 Å². The lowest BCUT2D eigenvalue weighted by Gasteiger charge is -2.10. The molecule has 0 unspecified atom stereocenters. The first-order valence-electron chi connectivity index (χ1n) is 6.20. The van der Waals surface area contributed by atoms with Gasteiger partial charge in [0.05, 0.1) is 5.69 Å². The summed E-state index contributed by atoms with van der Waals surface area (Å²) in [6.07, 6.45) is 0. The molecular formula is C15H14BrN3OS. The number of hydrogen-bond acceptors (Lipinski definition) is 2. The molecule has 4 nitrogen and oxygen atoms in total. The van der Waals surface area contributed by atoms with E-state index in [1.165, 1.54) is 0 Å². The molecule has 4 N–H and O–H groups in total. The predicted molar refractivity (Wildman–Crippen MR) is 93.8 cm³/mol. The number of carbonyl (C=O) groups is 1. The number of aryl methyl sites for hydroxylation is 1. The van der Waals surface area contributed by atoms with Crippen molar-refractivity contribution in [2.24, 2.45) is 5.73 Å². The third-order valence-electron chi connectivity index (χ3n) is 2.81. The number of anilines is 2. The van der Waals surface area contributed by atoms with E-state index >= 15 is 0 Å². The van der Waals surface area contributed by atoms with Gasteiger partial charge in [0.25, 0.3) is 0 Å². The molecule has 0 spiro atoms. The number of urea groups is 1. The summed E-state index contributed by atoms with van der Waals surface area (Å²) >= 11 is 8.29. The van der Waals surface area contributed by atoms with Gasteiger partial charge < -0.3 is 16.4 Å². The number of carbonyl (C=O) groups excluding carboxylic acids is 1. The second-order valence-corrected chi connectivity index (χ2v) is 5.80. The van der Waals surface area contributed by atoms with Crippen LogP contribution in [0.4, 0.5) is 16.2 Å². The van der Waals surface area contributed by atoms with Crippen molar-refractivity contribution in [1.29, 1.82) is 0 Å². The van der Waals surface area contributed by atoms with Gasteiger partial charge in [0.1, 0.15) is 4.99 Å². The Labute approximate surface area is 136 Å². The highest BCUT2D eigenvalue weighted by molar-refractivity contribution is 9.10. The van der Waals surface area contributed by atoms with Crippen LogP contribution in [0.25, 0.3) is 0 Å². The summed E-state index contributed by atoms with van der Waals surface area (Å²) in [5, 5.41) is 5.52. The molecular weight excluding hydrogens is 350 g/mol. The van der Waals surface area contributed by atoms with Crippen LogP contribution in [0.1, 0.15) is 11.1 Å². The van der Waals surface area contributed by atoms with Crippen LogP contribution < -0.4 is 16.4 Å². The number of halogens is 1. The quantitative estimate of drug-likeness (QED) is 0.721. The SMILES string of the molecule is Cc1ccc(NC(=O)Nc2ccc(C(N)=S)cc2Br)cc1. The average molecular weight is 364 g/mol. The molecule has 0 radical (unpaired) electrons. The highest BCUT2D eigenvalue weighted by Gasteiger charge is 2.07. The van der Waals surface area contributed by atoms with E-state index in [0.29, 0.717) is 15.1 Å². The molecule has 0 saturated heterocycles. The second-order valence-electron chi connectivity index (χ2n) is 4.50. The molecule has 21 heavy (non-hydrogen) atoms. The van der Waals surface area contributed by atoms with E-state index in [0.717, 1.165) is 16.8 Å². The van der Waals surface area contributed by atoms with E-state index < -0.39 is 0 Å². The molecule has 2 aromatic rings. The zero-order valence-electron chi connectivity index (χ0n) is 11.3. The molecule has 6 heteroatoms. The molecule has 2 rings (SSSR count). The van der Waals surface area contributed by atoms with Crippen LogP contribution in [0.15, 0.2) is 46.9 Å². The normalized spacial score (nSPS) is 10.0. The third-order valence-corrected chi connectivity index (χ3v) is 3.70. The first-order valence-corrected chi connectivity index (χ1v) is 7.40. The Morgan fingerprint density at radius 3 is 2.38 bits per heavy atom. The fraction of sp³-hybridized carbons (Fsp3) is 0.0667. The minimum Gasteiger partial charge on any atom is -0.389 e. The molecule has 0 aliphatic rings. The molecule has 0 aromatic heterocycles. The van der Waals surface area contributed by atoms with E-state index in [9.17, 15) is 4.79 Å². The first-order chi connectivity index (χ1) is 9.95. The molecule has 108 valence electrons. The van der Waals surface area contributed by atoms with Gasteiger partial charge in [-0.2, -0.15) is 0 Å². The monoisotopic (exact) mass is 363 g/mol. The van der Waals surface area contributed by atoms with Gasteiger partial charge in [0, 0.05) is 15.7 Å². The number of thiocarbonyl (C=S) groups is 1.